The average molecular weight is 342 g/mol. The van der Waals surface area contributed by atoms with Gasteiger partial charge in [0.15, 0.2) is 0 Å². The first kappa shape index (κ1) is 16.7. The van der Waals surface area contributed by atoms with Crippen LogP contribution in [0.2, 0.25) is 0 Å². The molecule has 2 N–H and O–H groups in total. The van der Waals surface area contributed by atoms with Gasteiger partial charge in [0.1, 0.15) is 0 Å². The van der Waals surface area contributed by atoms with E-state index in [1.807, 2.05) is 36.4 Å². The van der Waals surface area contributed by atoms with Crippen LogP contribution < -0.4 is 10.6 Å². The first-order chi connectivity index (χ1) is 11.5. The molecular weight excluding hydrogens is 320 g/mol. The van der Waals surface area contributed by atoms with E-state index in [0.717, 1.165) is 23.3 Å². The number of benzene rings is 2. The highest BCUT2D eigenvalue weighted by Gasteiger charge is 2.33. The Morgan fingerprint density at radius 2 is 1.67 bits per heavy atom. The quantitative estimate of drug-likeness (QED) is 0.898. The molecule has 0 spiro atoms. The summed E-state index contributed by atoms with van der Waals surface area (Å²) in [5, 5.41) is 6.00. The smallest absolute Gasteiger partial charge is 0.315 e. The van der Waals surface area contributed by atoms with Crippen LogP contribution in [0.4, 0.5) is 4.79 Å². The van der Waals surface area contributed by atoms with Crippen LogP contribution in [0.5, 0.6) is 0 Å². The van der Waals surface area contributed by atoms with Crippen LogP contribution in [0.3, 0.4) is 0 Å². The predicted molar refractivity (Wildman–Crippen MR) is 96.4 cm³/mol. The molecule has 0 saturated carbocycles. The number of urea groups is 1. The van der Waals surface area contributed by atoms with E-state index in [2.05, 4.69) is 29.7 Å². The molecule has 1 aliphatic carbocycles. The van der Waals surface area contributed by atoms with Gasteiger partial charge in [-0.05, 0) is 48.6 Å². The maximum Gasteiger partial charge on any atom is 0.315 e. The second kappa shape index (κ2) is 6.77. The van der Waals surface area contributed by atoms with Crippen molar-refractivity contribution >= 4 is 16.8 Å². The topological polar surface area (TPSA) is 58.2 Å². The standard InChI is InChI=1S/C19H22N2O2S/c1-19(11-15-5-3-4-6-16(15)12-19)21-18(22)20-13-14-7-9-17(10-8-14)24(2)23/h3-10H,11-13H2,1-2H3,(H2,20,21,22)/t24-/m0/s1. The van der Waals surface area contributed by atoms with E-state index >= 15 is 0 Å². The fourth-order valence-electron chi connectivity index (χ4n) is 3.19. The molecule has 4 nitrogen and oxygen atoms in total. The van der Waals surface area contributed by atoms with Gasteiger partial charge in [0.05, 0.1) is 0 Å². The Bertz CT molecular complexity index is 746. The van der Waals surface area contributed by atoms with Gasteiger partial charge in [-0.25, -0.2) is 4.79 Å². The summed E-state index contributed by atoms with van der Waals surface area (Å²) in [6.07, 6.45) is 3.36. The van der Waals surface area contributed by atoms with Gasteiger partial charge < -0.3 is 10.6 Å². The largest absolute Gasteiger partial charge is 0.334 e. The summed E-state index contributed by atoms with van der Waals surface area (Å²) in [6, 6.07) is 15.6. The molecule has 126 valence electrons. The summed E-state index contributed by atoms with van der Waals surface area (Å²) >= 11 is 0. The number of rotatable bonds is 4. The molecule has 0 unspecified atom stereocenters. The summed E-state index contributed by atoms with van der Waals surface area (Å²) < 4.78 is 11.4. The summed E-state index contributed by atoms with van der Waals surface area (Å²) in [5.74, 6) is 0. The molecule has 3 rings (SSSR count). The van der Waals surface area contributed by atoms with Gasteiger partial charge >= 0.3 is 6.03 Å². The highest BCUT2D eigenvalue weighted by Crippen LogP contribution is 2.29. The van der Waals surface area contributed by atoms with Crippen molar-refractivity contribution in [3.05, 3.63) is 65.2 Å². The van der Waals surface area contributed by atoms with E-state index in [4.69, 9.17) is 0 Å². The van der Waals surface area contributed by atoms with Crippen LogP contribution in [0.15, 0.2) is 53.4 Å². The molecule has 2 aromatic rings. The third-order valence-electron chi connectivity index (χ3n) is 4.40. The third-order valence-corrected chi connectivity index (χ3v) is 5.34. The van der Waals surface area contributed by atoms with Crippen LogP contribution in [-0.4, -0.2) is 22.0 Å². The lowest BCUT2D eigenvalue weighted by Gasteiger charge is -2.25. The lowest BCUT2D eigenvalue weighted by atomic mass is 9.99. The van der Waals surface area contributed by atoms with Crippen molar-refractivity contribution in [3.63, 3.8) is 0 Å². The number of carbonyl (C=O) groups is 1. The summed E-state index contributed by atoms with van der Waals surface area (Å²) in [7, 11) is -0.978. The monoisotopic (exact) mass is 342 g/mol. The Hall–Kier alpha value is -2.14. The van der Waals surface area contributed by atoms with Crippen LogP contribution >= 0.6 is 0 Å². The Labute approximate surface area is 145 Å². The maximum atomic E-state index is 12.2. The number of carbonyl (C=O) groups excluding carboxylic acids is 1. The highest BCUT2D eigenvalue weighted by molar-refractivity contribution is 7.84. The zero-order valence-electron chi connectivity index (χ0n) is 14.0. The second-order valence-corrected chi connectivity index (χ2v) is 7.97. The predicted octanol–water partition coefficient (Wildman–Crippen LogP) is 2.78. The van der Waals surface area contributed by atoms with Gasteiger partial charge in [-0.15, -0.1) is 0 Å². The van der Waals surface area contributed by atoms with Crippen molar-refractivity contribution in [2.45, 2.75) is 36.7 Å². The van der Waals surface area contributed by atoms with Gasteiger partial charge in [0.25, 0.3) is 0 Å². The molecule has 5 heteroatoms. The molecule has 1 atom stereocenters. The number of hydrogen-bond donors (Lipinski definition) is 2. The van der Waals surface area contributed by atoms with E-state index < -0.39 is 10.8 Å². The molecule has 0 saturated heterocycles. The van der Waals surface area contributed by atoms with Crippen molar-refractivity contribution in [1.29, 1.82) is 0 Å². The van der Waals surface area contributed by atoms with Gasteiger partial charge in [0.2, 0.25) is 0 Å². The minimum atomic E-state index is -0.978. The minimum absolute atomic E-state index is 0.159. The van der Waals surface area contributed by atoms with Crippen LogP contribution in [-0.2, 0) is 30.2 Å². The molecule has 0 heterocycles. The van der Waals surface area contributed by atoms with Gasteiger partial charge in [-0.1, -0.05) is 36.4 Å². The molecule has 2 aromatic carbocycles. The number of hydrogen-bond acceptors (Lipinski definition) is 2. The van der Waals surface area contributed by atoms with E-state index in [1.54, 1.807) is 6.26 Å². The van der Waals surface area contributed by atoms with Crippen molar-refractivity contribution in [2.24, 2.45) is 0 Å². The number of fused-ring (bicyclic) bond motifs is 1. The van der Waals surface area contributed by atoms with Crippen molar-refractivity contribution < 1.29 is 9.00 Å². The van der Waals surface area contributed by atoms with Crippen molar-refractivity contribution in [1.82, 2.24) is 10.6 Å². The maximum absolute atomic E-state index is 12.2. The Morgan fingerprint density at radius 3 is 2.21 bits per heavy atom. The summed E-state index contributed by atoms with van der Waals surface area (Å²) in [5.41, 5.74) is 3.36. The van der Waals surface area contributed by atoms with E-state index in [-0.39, 0.29) is 11.6 Å². The lowest BCUT2D eigenvalue weighted by molar-refractivity contribution is 0.228. The Balaban J connectivity index is 1.54. The fraction of sp³-hybridized carbons (Fsp3) is 0.316. The first-order valence-corrected chi connectivity index (χ1v) is 9.56. The SMILES string of the molecule is C[S@](=O)c1ccc(CNC(=O)NC2(C)Cc3ccccc3C2)cc1. The average Bonchev–Trinajstić information content (AvgIpc) is 2.88. The zero-order valence-corrected chi connectivity index (χ0v) is 14.8. The van der Waals surface area contributed by atoms with Gasteiger partial charge in [0, 0.05) is 34.0 Å². The molecule has 0 bridgehead atoms. The molecule has 0 fully saturated rings. The normalized spacial score (nSPS) is 16.2. The van der Waals surface area contributed by atoms with Crippen molar-refractivity contribution in [2.75, 3.05) is 6.26 Å². The van der Waals surface area contributed by atoms with Gasteiger partial charge in [-0.2, -0.15) is 0 Å². The molecule has 1 aliphatic rings. The molecule has 0 radical (unpaired) electrons. The van der Waals surface area contributed by atoms with E-state index in [0.29, 0.717) is 6.54 Å². The summed E-state index contributed by atoms with van der Waals surface area (Å²) in [4.78, 5) is 13.0. The summed E-state index contributed by atoms with van der Waals surface area (Å²) in [6.45, 7) is 2.53. The lowest BCUT2D eigenvalue weighted by Crippen LogP contribution is -2.50. The molecule has 24 heavy (non-hydrogen) atoms. The molecular formula is C19H22N2O2S. The third kappa shape index (κ3) is 3.85. The van der Waals surface area contributed by atoms with Gasteiger partial charge in [-0.3, -0.25) is 4.21 Å². The van der Waals surface area contributed by atoms with Crippen LogP contribution in [0.25, 0.3) is 0 Å². The molecule has 0 aromatic heterocycles. The Morgan fingerprint density at radius 1 is 1.08 bits per heavy atom. The molecule has 0 aliphatic heterocycles. The first-order valence-electron chi connectivity index (χ1n) is 8.00. The van der Waals surface area contributed by atoms with E-state index in [9.17, 15) is 9.00 Å². The van der Waals surface area contributed by atoms with E-state index in [1.165, 1.54) is 11.1 Å². The van der Waals surface area contributed by atoms with Crippen molar-refractivity contribution in [3.8, 4) is 0 Å². The highest BCUT2D eigenvalue weighted by atomic mass is 32.2. The minimum Gasteiger partial charge on any atom is -0.334 e. The Kier molecular flexibility index (Phi) is 4.71. The fourth-order valence-corrected chi connectivity index (χ4v) is 3.71. The number of nitrogens with one attached hydrogen (secondary N) is 2. The number of amides is 2. The van der Waals surface area contributed by atoms with Crippen LogP contribution in [0, 0.1) is 0 Å². The molecule has 2 amide bonds. The van der Waals surface area contributed by atoms with Crippen LogP contribution in [0.1, 0.15) is 23.6 Å². The second-order valence-electron chi connectivity index (χ2n) is 6.59. The zero-order chi connectivity index (χ0) is 17.2.